The first kappa shape index (κ1) is 14.5. The normalized spacial score (nSPS) is 10.6. The topological polar surface area (TPSA) is 34.1 Å². The molecule has 0 spiro atoms. The molecule has 5 heteroatoms. The number of halogens is 1. The summed E-state index contributed by atoms with van der Waals surface area (Å²) in [5.41, 5.74) is 3.03. The molecule has 2 aromatic rings. The van der Waals surface area contributed by atoms with Gasteiger partial charge >= 0.3 is 0 Å². The second-order valence-electron chi connectivity index (χ2n) is 4.17. The second-order valence-corrected chi connectivity index (χ2v) is 6.06. The van der Waals surface area contributed by atoms with Crippen LogP contribution in [0.3, 0.4) is 0 Å². The number of ether oxygens (including phenoxy) is 1. The standard InChI is InChI=1S/C14H17BrN2OS/c1-2-5-18-14-4-3-12(15)6-11(14)7-16-8-13-9-17-10-19-13/h3-4,6,9-10,16H,2,5,7-8H2,1H3. The maximum absolute atomic E-state index is 5.76. The first-order valence-corrected chi connectivity index (χ1v) is 7.96. The van der Waals surface area contributed by atoms with Gasteiger partial charge in [-0.25, -0.2) is 0 Å². The van der Waals surface area contributed by atoms with Gasteiger partial charge in [-0.15, -0.1) is 11.3 Å². The first-order chi connectivity index (χ1) is 9.29. The zero-order valence-corrected chi connectivity index (χ0v) is 13.3. The van der Waals surface area contributed by atoms with Crippen LogP contribution in [-0.4, -0.2) is 11.6 Å². The van der Waals surface area contributed by atoms with Crippen LogP contribution in [0.25, 0.3) is 0 Å². The third-order valence-corrected chi connectivity index (χ3v) is 3.86. The van der Waals surface area contributed by atoms with E-state index in [1.54, 1.807) is 11.3 Å². The number of nitrogens with one attached hydrogen (secondary N) is 1. The molecule has 0 amide bonds. The van der Waals surface area contributed by atoms with E-state index in [0.29, 0.717) is 0 Å². The van der Waals surface area contributed by atoms with Crippen LogP contribution in [0.15, 0.2) is 34.4 Å². The van der Waals surface area contributed by atoms with E-state index in [-0.39, 0.29) is 0 Å². The Morgan fingerprint density at radius 1 is 1.37 bits per heavy atom. The summed E-state index contributed by atoms with van der Waals surface area (Å²) >= 11 is 5.17. The van der Waals surface area contributed by atoms with E-state index >= 15 is 0 Å². The molecule has 0 aliphatic heterocycles. The summed E-state index contributed by atoms with van der Waals surface area (Å²) in [7, 11) is 0. The highest BCUT2D eigenvalue weighted by Gasteiger charge is 2.05. The molecule has 0 bridgehead atoms. The van der Waals surface area contributed by atoms with Crippen LogP contribution in [-0.2, 0) is 13.1 Å². The van der Waals surface area contributed by atoms with Gasteiger partial charge < -0.3 is 10.1 Å². The lowest BCUT2D eigenvalue weighted by molar-refractivity contribution is 0.313. The van der Waals surface area contributed by atoms with Gasteiger partial charge in [0.2, 0.25) is 0 Å². The largest absolute Gasteiger partial charge is 0.493 e. The molecule has 0 aliphatic rings. The van der Waals surface area contributed by atoms with Crippen molar-refractivity contribution in [3.8, 4) is 5.75 Å². The van der Waals surface area contributed by atoms with Gasteiger partial charge in [0.1, 0.15) is 5.75 Å². The van der Waals surface area contributed by atoms with Gasteiger partial charge in [0.25, 0.3) is 0 Å². The van der Waals surface area contributed by atoms with E-state index in [9.17, 15) is 0 Å². The minimum Gasteiger partial charge on any atom is -0.493 e. The Balaban J connectivity index is 1.95. The number of rotatable bonds is 7. The number of thiazole rings is 1. The van der Waals surface area contributed by atoms with Crippen molar-refractivity contribution in [2.45, 2.75) is 26.4 Å². The van der Waals surface area contributed by atoms with Crippen molar-refractivity contribution >= 4 is 27.3 Å². The van der Waals surface area contributed by atoms with E-state index < -0.39 is 0 Å². The van der Waals surface area contributed by atoms with Crippen molar-refractivity contribution in [2.24, 2.45) is 0 Å². The molecule has 0 atom stereocenters. The van der Waals surface area contributed by atoms with Gasteiger partial charge in [0, 0.05) is 34.2 Å². The maximum atomic E-state index is 5.76. The Morgan fingerprint density at radius 2 is 2.26 bits per heavy atom. The van der Waals surface area contributed by atoms with Gasteiger partial charge in [-0.3, -0.25) is 4.98 Å². The van der Waals surface area contributed by atoms with Crippen LogP contribution in [0.2, 0.25) is 0 Å². The Labute approximate surface area is 126 Å². The van der Waals surface area contributed by atoms with Crippen molar-refractivity contribution in [1.82, 2.24) is 10.3 Å². The molecular formula is C14H17BrN2OS. The maximum Gasteiger partial charge on any atom is 0.123 e. The van der Waals surface area contributed by atoms with Crippen LogP contribution in [0.5, 0.6) is 5.75 Å². The highest BCUT2D eigenvalue weighted by Crippen LogP contribution is 2.23. The van der Waals surface area contributed by atoms with Crippen LogP contribution in [0, 0.1) is 0 Å². The zero-order chi connectivity index (χ0) is 13.5. The Kier molecular flexibility index (Phi) is 5.82. The van der Waals surface area contributed by atoms with Gasteiger partial charge in [0.15, 0.2) is 0 Å². The summed E-state index contributed by atoms with van der Waals surface area (Å²) < 4.78 is 6.83. The number of hydrogen-bond acceptors (Lipinski definition) is 4. The van der Waals surface area contributed by atoms with Crippen LogP contribution in [0.4, 0.5) is 0 Å². The lowest BCUT2D eigenvalue weighted by atomic mass is 10.2. The Hall–Kier alpha value is -0.910. The molecule has 0 radical (unpaired) electrons. The molecule has 2 rings (SSSR count). The summed E-state index contributed by atoms with van der Waals surface area (Å²) in [6.45, 7) is 4.49. The van der Waals surface area contributed by atoms with E-state index in [4.69, 9.17) is 4.74 Å². The molecule has 1 aromatic carbocycles. The molecule has 0 aliphatic carbocycles. The highest BCUT2D eigenvalue weighted by atomic mass is 79.9. The molecule has 19 heavy (non-hydrogen) atoms. The van der Waals surface area contributed by atoms with E-state index in [1.807, 2.05) is 23.8 Å². The fourth-order valence-electron chi connectivity index (χ4n) is 1.69. The van der Waals surface area contributed by atoms with Gasteiger partial charge in [0.05, 0.1) is 12.1 Å². The summed E-state index contributed by atoms with van der Waals surface area (Å²) in [5, 5.41) is 3.42. The van der Waals surface area contributed by atoms with Crippen molar-refractivity contribution in [1.29, 1.82) is 0 Å². The molecule has 102 valence electrons. The van der Waals surface area contributed by atoms with Gasteiger partial charge in [-0.1, -0.05) is 22.9 Å². The molecule has 1 aromatic heterocycles. The molecular weight excluding hydrogens is 324 g/mol. The van der Waals surface area contributed by atoms with E-state index in [2.05, 4.69) is 39.2 Å². The van der Waals surface area contributed by atoms with E-state index in [1.165, 1.54) is 10.4 Å². The SMILES string of the molecule is CCCOc1ccc(Br)cc1CNCc1cncs1. The average Bonchev–Trinajstić information content (AvgIpc) is 2.91. The molecule has 0 saturated heterocycles. The number of benzene rings is 1. The molecule has 3 nitrogen and oxygen atoms in total. The Morgan fingerprint density at radius 3 is 3.00 bits per heavy atom. The monoisotopic (exact) mass is 340 g/mol. The van der Waals surface area contributed by atoms with E-state index in [0.717, 1.165) is 36.3 Å². The smallest absolute Gasteiger partial charge is 0.123 e. The summed E-state index contributed by atoms with van der Waals surface area (Å²) in [5.74, 6) is 0.960. The van der Waals surface area contributed by atoms with Crippen molar-refractivity contribution in [3.63, 3.8) is 0 Å². The molecule has 1 heterocycles. The van der Waals surface area contributed by atoms with Gasteiger partial charge in [-0.2, -0.15) is 0 Å². The minimum absolute atomic E-state index is 0.753. The molecule has 0 fully saturated rings. The minimum atomic E-state index is 0.753. The van der Waals surface area contributed by atoms with Crippen molar-refractivity contribution in [2.75, 3.05) is 6.61 Å². The fraction of sp³-hybridized carbons (Fsp3) is 0.357. The van der Waals surface area contributed by atoms with Crippen molar-refractivity contribution in [3.05, 3.63) is 44.8 Å². The third-order valence-electron chi connectivity index (χ3n) is 2.58. The van der Waals surface area contributed by atoms with Crippen LogP contribution < -0.4 is 10.1 Å². The predicted octanol–water partition coefficient (Wildman–Crippen LogP) is 3.98. The molecule has 1 N–H and O–H groups in total. The summed E-state index contributed by atoms with van der Waals surface area (Å²) in [4.78, 5) is 5.31. The summed E-state index contributed by atoms with van der Waals surface area (Å²) in [6, 6.07) is 6.13. The lowest BCUT2D eigenvalue weighted by Gasteiger charge is -2.12. The van der Waals surface area contributed by atoms with Crippen LogP contribution in [0.1, 0.15) is 23.8 Å². The number of hydrogen-bond donors (Lipinski definition) is 1. The molecule has 0 saturated carbocycles. The Bertz CT molecular complexity index is 502. The number of nitrogens with zero attached hydrogens (tertiary/aromatic N) is 1. The summed E-state index contributed by atoms with van der Waals surface area (Å²) in [6.07, 6.45) is 2.91. The third kappa shape index (κ3) is 4.60. The van der Waals surface area contributed by atoms with Gasteiger partial charge in [-0.05, 0) is 24.6 Å². The van der Waals surface area contributed by atoms with Crippen molar-refractivity contribution < 1.29 is 4.74 Å². The molecule has 0 unspecified atom stereocenters. The fourth-order valence-corrected chi connectivity index (χ4v) is 2.66. The first-order valence-electron chi connectivity index (χ1n) is 6.29. The number of aromatic nitrogens is 1. The zero-order valence-electron chi connectivity index (χ0n) is 10.9. The van der Waals surface area contributed by atoms with Crippen LogP contribution >= 0.6 is 27.3 Å². The highest BCUT2D eigenvalue weighted by molar-refractivity contribution is 9.10. The lowest BCUT2D eigenvalue weighted by Crippen LogP contribution is -2.13. The second kappa shape index (κ2) is 7.62. The quantitative estimate of drug-likeness (QED) is 0.827. The predicted molar refractivity (Wildman–Crippen MR) is 82.6 cm³/mol. The average molecular weight is 341 g/mol.